The topological polar surface area (TPSA) is 28.4 Å². The Morgan fingerprint density at radius 1 is 1.10 bits per heavy atom. The number of furan rings is 1. The number of nitrogens with zero attached hydrogens (tertiary/aromatic N) is 1. The average Bonchev–Trinajstić information content (AvgIpc) is 2.92. The molecule has 2 heterocycles. The van der Waals surface area contributed by atoms with E-state index in [0.717, 1.165) is 50.7 Å². The molecule has 0 radical (unpaired) electrons. The summed E-state index contributed by atoms with van der Waals surface area (Å²) in [4.78, 5) is 2.46. The third kappa shape index (κ3) is 3.11. The molecule has 0 bridgehead atoms. The lowest BCUT2D eigenvalue weighted by atomic mass is 10.00. The molecule has 20 heavy (non-hydrogen) atoms. The fraction of sp³-hybridized carbons (Fsp3) is 0.412. The van der Waals surface area contributed by atoms with Gasteiger partial charge in [-0.2, -0.15) is 0 Å². The first-order valence-corrected chi connectivity index (χ1v) is 7.42. The van der Waals surface area contributed by atoms with E-state index in [-0.39, 0.29) is 0 Å². The number of benzene rings is 1. The molecule has 0 spiro atoms. The number of fused-ring (bicyclic) bond motifs is 1. The van der Waals surface area contributed by atoms with Gasteiger partial charge in [0.15, 0.2) is 0 Å². The van der Waals surface area contributed by atoms with Crippen LogP contribution >= 0.6 is 0 Å². The van der Waals surface area contributed by atoms with Crippen LogP contribution in [0.4, 0.5) is 0 Å². The van der Waals surface area contributed by atoms with E-state index in [0.29, 0.717) is 0 Å². The van der Waals surface area contributed by atoms with Gasteiger partial charge in [-0.05, 0) is 36.2 Å². The predicted molar refractivity (Wildman–Crippen MR) is 80.3 cm³/mol. The molecule has 0 atom stereocenters. The van der Waals surface area contributed by atoms with Gasteiger partial charge in [-0.3, -0.25) is 4.90 Å². The van der Waals surface area contributed by atoms with Crippen LogP contribution in [0.5, 0.6) is 0 Å². The summed E-state index contributed by atoms with van der Waals surface area (Å²) in [7, 11) is 0. The molecule has 3 rings (SSSR count). The Balaban J connectivity index is 1.60. The lowest BCUT2D eigenvalue weighted by Gasteiger charge is -2.27. The first-order valence-electron chi connectivity index (χ1n) is 7.42. The molecular formula is C17H22N2O. The second-order valence-corrected chi connectivity index (χ2v) is 5.38. The van der Waals surface area contributed by atoms with Gasteiger partial charge in [-0.1, -0.05) is 31.2 Å². The van der Waals surface area contributed by atoms with Crippen molar-refractivity contribution in [3.05, 3.63) is 59.0 Å². The van der Waals surface area contributed by atoms with E-state index in [1.165, 1.54) is 11.1 Å². The van der Waals surface area contributed by atoms with Crippen molar-refractivity contribution in [3.63, 3.8) is 0 Å². The highest BCUT2D eigenvalue weighted by Crippen LogP contribution is 2.20. The van der Waals surface area contributed by atoms with Gasteiger partial charge in [0.25, 0.3) is 0 Å². The Labute approximate surface area is 120 Å². The van der Waals surface area contributed by atoms with Crippen LogP contribution in [0.1, 0.15) is 29.6 Å². The number of hydrogen-bond acceptors (Lipinski definition) is 3. The van der Waals surface area contributed by atoms with Gasteiger partial charge < -0.3 is 9.73 Å². The van der Waals surface area contributed by atoms with E-state index in [2.05, 4.69) is 53.5 Å². The molecule has 1 aliphatic heterocycles. The van der Waals surface area contributed by atoms with E-state index >= 15 is 0 Å². The predicted octanol–water partition coefficient (Wildman–Crippen LogP) is 2.95. The number of hydrogen-bond donors (Lipinski definition) is 1. The maximum atomic E-state index is 5.87. The van der Waals surface area contributed by atoms with E-state index in [4.69, 9.17) is 4.42 Å². The molecule has 106 valence electrons. The van der Waals surface area contributed by atoms with Crippen LogP contribution < -0.4 is 5.32 Å². The van der Waals surface area contributed by atoms with Gasteiger partial charge in [0.1, 0.15) is 11.5 Å². The molecule has 0 amide bonds. The second kappa shape index (κ2) is 6.25. The lowest BCUT2D eigenvalue weighted by Crippen LogP contribution is -2.29. The fourth-order valence-electron chi connectivity index (χ4n) is 2.76. The van der Waals surface area contributed by atoms with Crippen LogP contribution in [0.15, 0.2) is 40.8 Å². The molecule has 0 saturated heterocycles. The summed E-state index contributed by atoms with van der Waals surface area (Å²) in [6.07, 6.45) is 1.14. The Morgan fingerprint density at radius 2 is 1.90 bits per heavy atom. The largest absolute Gasteiger partial charge is 0.463 e. The molecule has 3 heteroatoms. The zero-order valence-corrected chi connectivity index (χ0v) is 12.1. The van der Waals surface area contributed by atoms with Crippen molar-refractivity contribution in [2.24, 2.45) is 0 Å². The first kappa shape index (κ1) is 13.4. The van der Waals surface area contributed by atoms with Crippen molar-refractivity contribution < 1.29 is 4.42 Å². The molecule has 0 saturated carbocycles. The van der Waals surface area contributed by atoms with Crippen LogP contribution in [-0.4, -0.2) is 18.0 Å². The van der Waals surface area contributed by atoms with Crippen LogP contribution in [0.2, 0.25) is 0 Å². The van der Waals surface area contributed by atoms with Gasteiger partial charge in [-0.25, -0.2) is 0 Å². The van der Waals surface area contributed by atoms with Gasteiger partial charge in [0, 0.05) is 13.1 Å². The molecule has 0 unspecified atom stereocenters. The van der Waals surface area contributed by atoms with Crippen LogP contribution in [-0.2, 0) is 26.1 Å². The number of rotatable bonds is 5. The molecule has 1 aromatic heterocycles. The minimum Gasteiger partial charge on any atom is -0.463 e. The third-order valence-corrected chi connectivity index (χ3v) is 3.86. The number of nitrogens with one attached hydrogen (secondary N) is 1. The maximum absolute atomic E-state index is 5.87. The molecule has 0 fully saturated rings. The van der Waals surface area contributed by atoms with E-state index in [1.54, 1.807) is 0 Å². The molecule has 3 nitrogen and oxygen atoms in total. The van der Waals surface area contributed by atoms with E-state index < -0.39 is 0 Å². The van der Waals surface area contributed by atoms with E-state index in [1.807, 2.05) is 0 Å². The average molecular weight is 270 g/mol. The summed E-state index contributed by atoms with van der Waals surface area (Å²) in [6.45, 7) is 6.94. The molecule has 1 aliphatic rings. The summed E-state index contributed by atoms with van der Waals surface area (Å²) >= 11 is 0. The highest BCUT2D eigenvalue weighted by atomic mass is 16.3. The second-order valence-electron chi connectivity index (χ2n) is 5.38. The summed E-state index contributed by atoms with van der Waals surface area (Å²) < 4.78 is 5.87. The molecule has 0 aliphatic carbocycles. The van der Waals surface area contributed by atoms with Gasteiger partial charge in [0.2, 0.25) is 0 Å². The third-order valence-electron chi connectivity index (χ3n) is 3.86. The Morgan fingerprint density at radius 3 is 2.75 bits per heavy atom. The highest BCUT2D eigenvalue weighted by molar-refractivity contribution is 5.29. The standard InChI is InChI=1S/C17H22N2O/c1-2-18-11-16-7-8-17(20-16)13-19-10-9-14-5-3-4-6-15(14)12-19/h3-8,18H,2,9-13H2,1H3. The summed E-state index contributed by atoms with van der Waals surface area (Å²) in [5, 5.41) is 3.29. The van der Waals surface area contributed by atoms with Gasteiger partial charge in [0.05, 0.1) is 13.1 Å². The zero-order valence-electron chi connectivity index (χ0n) is 12.1. The van der Waals surface area contributed by atoms with Crippen molar-refractivity contribution in [1.82, 2.24) is 10.2 Å². The van der Waals surface area contributed by atoms with Gasteiger partial charge >= 0.3 is 0 Å². The minimum absolute atomic E-state index is 0.819. The molecular weight excluding hydrogens is 248 g/mol. The molecule has 2 aromatic rings. The normalized spacial score (nSPS) is 15.2. The Bertz CT molecular complexity index is 562. The summed E-state index contributed by atoms with van der Waals surface area (Å²) in [5.74, 6) is 2.09. The van der Waals surface area contributed by atoms with Crippen LogP contribution in [0.25, 0.3) is 0 Å². The summed E-state index contributed by atoms with van der Waals surface area (Å²) in [6, 6.07) is 12.9. The lowest BCUT2D eigenvalue weighted by molar-refractivity contribution is 0.223. The van der Waals surface area contributed by atoms with Crippen molar-refractivity contribution >= 4 is 0 Å². The maximum Gasteiger partial charge on any atom is 0.118 e. The van der Waals surface area contributed by atoms with Gasteiger partial charge in [-0.15, -0.1) is 0 Å². The first-order chi connectivity index (χ1) is 9.85. The Kier molecular flexibility index (Phi) is 4.19. The van der Waals surface area contributed by atoms with Crippen molar-refractivity contribution in [2.45, 2.75) is 33.0 Å². The van der Waals surface area contributed by atoms with Crippen LogP contribution in [0, 0.1) is 0 Å². The monoisotopic (exact) mass is 270 g/mol. The fourth-order valence-corrected chi connectivity index (χ4v) is 2.76. The zero-order chi connectivity index (χ0) is 13.8. The van der Waals surface area contributed by atoms with Crippen molar-refractivity contribution in [1.29, 1.82) is 0 Å². The van der Waals surface area contributed by atoms with Crippen molar-refractivity contribution in [2.75, 3.05) is 13.1 Å². The molecule has 1 aromatic carbocycles. The van der Waals surface area contributed by atoms with E-state index in [9.17, 15) is 0 Å². The Hall–Kier alpha value is -1.58. The highest BCUT2D eigenvalue weighted by Gasteiger charge is 2.16. The molecule has 1 N–H and O–H groups in total. The smallest absolute Gasteiger partial charge is 0.118 e. The van der Waals surface area contributed by atoms with Crippen molar-refractivity contribution in [3.8, 4) is 0 Å². The quantitative estimate of drug-likeness (QED) is 0.905. The van der Waals surface area contributed by atoms with Crippen LogP contribution in [0.3, 0.4) is 0 Å². The summed E-state index contributed by atoms with van der Waals surface area (Å²) in [5.41, 5.74) is 2.95. The SMILES string of the molecule is CCNCc1ccc(CN2CCc3ccccc3C2)o1. The minimum atomic E-state index is 0.819.